The monoisotopic (exact) mass is 262 g/mol. The average Bonchev–Trinajstić information content (AvgIpc) is 2.38. The molecule has 0 aliphatic rings. The fourth-order valence-corrected chi connectivity index (χ4v) is 2.42. The van der Waals surface area contributed by atoms with Crippen molar-refractivity contribution in [2.75, 3.05) is 5.32 Å². The van der Waals surface area contributed by atoms with Gasteiger partial charge in [0.05, 0.1) is 10.5 Å². The minimum Gasteiger partial charge on any atom is -0.382 e. The van der Waals surface area contributed by atoms with Gasteiger partial charge < -0.3 is 5.32 Å². The Hall–Kier alpha value is -1.28. The second-order valence-electron chi connectivity index (χ2n) is 4.90. The Morgan fingerprint density at radius 2 is 2.06 bits per heavy atom. The summed E-state index contributed by atoms with van der Waals surface area (Å²) in [7, 11) is 0. The summed E-state index contributed by atoms with van der Waals surface area (Å²) in [5.74, 6) is 0.595. The van der Waals surface area contributed by atoms with Crippen molar-refractivity contribution in [3.63, 3.8) is 0 Å². The van der Waals surface area contributed by atoms with E-state index in [0.717, 1.165) is 23.0 Å². The lowest BCUT2D eigenvalue weighted by Gasteiger charge is -2.23. The first-order valence-electron chi connectivity index (χ1n) is 6.43. The Morgan fingerprint density at radius 3 is 2.72 bits per heavy atom. The molecule has 1 aromatic carbocycles. The molecule has 1 aromatic heterocycles. The molecule has 96 valence electrons. The highest BCUT2D eigenvalue weighted by molar-refractivity contribution is 6.35. The zero-order valence-corrected chi connectivity index (χ0v) is 11.8. The van der Waals surface area contributed by atoms with E-state index in [1.54, 1.807) is 6.20 Å². The molecule has 18 heavy (non-hydrogen) atoms. The molecule has 3 heteroatoms. The Balaban J connectivity index is 2.42. The third-order valence-corrected chi connectivity index (χ3v) is 3.61. The molecule has 0 saturated carbocycles. The van der Waals surface area contributed by atoms with E-state index in [9.17, 15) is 0 Å². The first kappa shape index (κ1) is 13.2. The first-order valence-corrected chi connectivity index (χ1v) is 6.81. The third kappa shape index (κ3) is 2.59. The van der Waals surface area contributed by atoms with E-state index in [1.807, 2.05) is 18.2 Å². The molecule has 0 fully saturated rings. The Labute approximate surface area is 113 Å². The third-order valence-electron chi connectivity index (χ3n) is 3.31. The van der Waals surface area contributed by atoms with Gasteiger partial charge in [-0.3, -0.25) is 4.98 Å². The summed E-state index contributed by atoms with van der Waals surface area (Å²) in [6, 6.07) is 8.42. The van der Waals surface area contributed by atoms with Crippen LogP contribution in [-0.2, 0) is 0 Å². The molecule has 2 nitrogen and oxygen atoms in total. The van der Waals surface area contributed by atoms with E-state index in [1.165, 1.54) is 0 Å². The lowest BCUT2D eigenvalue weighted by Crippen LogP contribution is -2.24. The first-order chi connectivity index (χ1) is 8.63. The van der Waals surface area contributed by atoms with Crippen LogP contribution in [0.5, 0.6) is 0 Å². The topological polar surface area (TPSA) is 24.9 Å². The number of aromatic nitrogens is 1. The van der Waals surface area contributed by atoms with Crippen molar-refractivity contribution in [1.82, 2.24) is 4.98 Å². The SMILES string of the molecule is CCC(Nc1ccc(Cl)c2ncccc12)C(C)C. The van der Waals surface area contributed by atoms with Crippen molar-refractivity contribution in [2.24, 2.45) is 5.92 Å². The van der Waals surface area contributed by atoms with Crippen molar-refractivity contribution in [3.8, 4) is 0 Å². The van der Waals surface area contributed by atoms with Crippen molar-refractivity contribution in [1.29, 1.82) is 0 Å². The van der Waals surface area contributed by atoms with Gasteiger partial charge in [0.15, 0.2) is 0 Å². The number of nitrogens with one attached hydrogen (secondary N) is 1. The standard InChI is InChI=1S/C15H19ClN2/c1-4-13(10(2)3)18-14-8-7-12(16)15-11(14)6-5-9-17-15/h5-10,13,18H,4H2,1-3H3. The van der Waals surface area contributed by atoms with Crippen molar-refractivity contribution in [3.05, 3.63) is 35.5 Å². The normalized spacial score (nSPS) is 12.9. The second-order valence-corrected chi connectivity index (χ2v) is 5.30. The van der Waals surface area contributed by atoms with Gasteiger partial charge in [0, 0.05) is 23.3 Å². The van der Waals surface area contributed by atoms with Gasteiger partial charge in [0.2, 0.25) is 0 Å². The smallest absolute Gasteiger partial charge is 0.0908 e. The molecule has 0 saturated heterocycles. The lowest BCUT2D eigenvalue weighted by atomic mass is 10.0. The largest absolute Gasteiger partial charge is 0.382 e. The van der Waals surface area contributed by atoms with Crippen LogP contribution in [0.4, 0.5) is 5.69 Å². The van der Waals surface area contributed by atoms with E-state index in [4.69, 9.17) is 11.6 Å². The van der Waals surface area contributed by atoms with Gasteiger partial charge in [-0.25, -0.2) is 0 Å². The maximum absolute atomic E-state index is 6.17. The average molecular weight is 263 g/mol. The molecule has 0 aliphatic heterocycles. The highest BCUT2D eigenvalue weighted by Crippen LogP contribution is 2.29. The van der Waals surface area contributed by atoms with Crippen molar-refractivity contribution < 1.29 is 0 Å². The van der Waals surface area contributed by atoms with E-state index in [-0.39, 0.29) is 0 Å². The molecular formula is C15H19ClN2. The van der Waals surface area contributed by atoms with Gasteiger partial charge in [-0.2, -0.15) is 0 Å². The van der Waals surface area contributed by atoms with Crippen LogP contribution >= 0.6 is 11.6 Å². The maximum Gasteiger partial charge on any atom is 0.0908 e. The fourth-order valence-electron chi connectivity index (χ4n) is 2.20. The van der Waals surface area contributed by atoms with Gasteiger partial charge in [0.1, 0.15) is 0 Å². The summed E-state index contributed by atoms with van der Waals surface area (Å²) in [4.78, 5) is 4.35. The lowest BCUT2D eigenvalue weighted by molar-refractivity contribution is 0.511. The number of hydrogen-bond donors (Lipinski definition) is 1. The number of hydrogen-bond acceptors (Lipinski definition) is 2. The summed E-state index contributed by atoms with van der Waals surface area (Å²) in [5, 5.41) is 5.39. The van der Waals surface area contributed by atoms with Crippen LogP contribution in [0.1, 0.15) is 27.2 Å². The maximum atomic E-state index is 6.17. The summed E-state index contributed by atoms with van der Waals surface area (Å²) >= 11 is 6.17. The predicted octanol–water partition coefficient (Wildman–Crippen LogP) is 4.73. The van der Waals surface area contributed by atoms with Crippen LogP contribution in [0.25, 0.3) is 10.9 Å². The van der Waals surface area contributed by atoms with E-state index in [2.05, 4.69) is 37.1 Å². The van der Waals surface area contributed by atoms with E-state index >= 15 is 0 Å². The Bertz CT molecular complexity index is 537. The van der Waals surface area contributed by atoms with Gasteiger partial charge in [-0.15, -0.1) is 0 Å². The van der Waals surface area contributed by atoms with Crippen LogP contribution in [0.3, 0.4) is 0 Å². The van der Waals surface area contributed by atoms with Crippen LogP contribution in [0, 0.1) is 5.92 Å². The van der Waals surface area contributed by atoms with Crippen LogP contribution in [-0.4, -0.2) is 11.0 Å². The number of nitrogens with zero attached hydrogens (tertiary/aromatic N) is 1. The molecule has 0 aliphatic carbocycles. The molecule has 1 N–H and O–H groups in total. The molecule has 2 aromatic rings. The molecule has 0 spiro atoms. The van der Waals surface area contributed by atoms with Gasteiger partial charge >= 0.3 is 0 Å². The molecule has 1 heterocycles. The quantitative estimate of drug-likeness (QED) is 0.861. The van der Waals surface area contributed by atoms with Crippen LogP contribution in [0.2, 0.25) is 5.02 Å². The summed E-state index contributed by atoms with van der Waals surface area (Å²) in [6.45, 7) is 6.67. The predicted molar refractivity (Wildman–Crippen MR) is 79.3 cm³/mol. The summed E-state index contributed by atoms with van der Waals surface area (Å²) < 4.78 is 0. The van der Waals surface area contributed by atoms with E-state index in [0.29, 0.717) is 17.0 Å². The second kappa shape index (κ2) is 5.57. The Morgan fingerprint density at radius 1 is 1.28 bits per heavy atom. The Kier molecular flexibility index (Phi) is 4.07. The van der Waals surface area contributed by atoms with E-state index < -0.39 is 0 Å². The molecule has 0 bridgehead atoms. The fraction of sp³-hybridized carbons (Fsp3) is 0.400. The van der Waals surface area contributed by atoms with Crippen LogP contribution in [0.15, 0.2) is 30.5 Å². The highest BCUT2D eigenvalue weighted by Gasteiger charge is 2.13. The summed E-state index contributed by atoms with van der Waals surface area (Å²) in [6.07, 6.45) is 2.87. The minimum absolute atomic E-state index is 0.467. The molecular weight excluding hydrogens is 244 g/mol. The van der Waals surface area contributed by atoms with Crippen molar-refractivity contribution in [2.45, 2.75) is 33.2 Å². The molecule has 1 unspecified atom stereocenters. The van der Waals surface area contributed by atoms with Crippen molar-refractivity contribution >= 4 is 28.2 Å². The van der Waals surface area contributed by atoms with Crippen LogP contribution < -0.4 is 5.32 Å². The van der Waals surface area contributed by atoms with Gasteiger partial charge in [-0.1, -0.05) is 32.4 Å². The zero-order valence-electron chi connectivity index (χ0n) is 11.1. The minimum atomic E-state index is 0.467. The number of rotatable bonds is 4. The number of benzene rings is 1. The molecule has 1 atom stereocenters. The molecule has 0 radical (unpaired) electrons. The number of fused-ring (bicyclic) bond motifs is 1. The summed E-state index contributed by atoms with van der Waals surface area (Å²) in [5.41, 5.74) is 1.98. The number of halogens is 1. The highest BCUT2D eigenvalue weighted by atomic mass is 35.5. The van der Waals surface area contributed by atoms with Gasteiger partial charge in [-0.05, 0) is 36.6 Å². The molecule has 2 rings (SSSR count). The zero-order chi connectivity index (χ0) is 13.1. The molecule has 0 amide bonds. The number of pyridine rings is 1. The van der Waals surface area contributed by atoms with Gasteiger partial charge in [0.25, 0.3) is 0 Å². The number of anilines is 1.